The predicted molar refractivity (Wildman–Crippen MR) is 37.3 cm³/mol. The Bertz CT molecular complexity index is 64.7. The molecule has 64 valence electrons. The van der Waals surface area contributed by atoms with Crippen LogP contribution in [0.25, 0.3) is 0 Å². The van der Waals surface area contributed by atoms with Crippen LogP contribution in [0.1, 0.15) is 19.3 Å². The quantitative estimate of drug-likeness (QED) is 0.663. The van der Waals surface area contributed by atoms with Gasteiger partial charge in [-0.3, -0.25) is 0 Å². The van der Waals surface area contributed by atoms with Gasteiger partial charge in [-0.25, -0.2) is 14.2 Å². The molecule has 0 aromatic heterocycles. The number of hydrogen-bond acceptors (Lipinski definition) is 3. The van der Waals surface area contributed by atoms with Gasteiger partial charge in [0, 0.05) is 6.61 Å². The van der Waals surface area contributed by atoms with Crippen molar-refractivity contribution in [1.82, 2.24) is 0 Å². The summed E-state index contributed by atoms with van der Waals surface area (Å²) in [4.78, 5) is 0. The third-order valence-corrected chi connectivity index (χ3v) is 1.32. The number of aliphatic hydroxyl groups excluding tert-OH is 1. The van der Waals surface area contributed by atoms with Gasteiger partial charge in [-0.05, 0) is 19.3 Å². The van der Waals surface area contributed by atoms with Crippen molar-refractivity contribution in [1.29, 1.82) is 0 Å². The molecule has 0 bridgehead atoms. The van der Waals surface area contributed by atoms with E-state index in [4.69, 9.17) is 14.6 Å². The standard InChI is InChI=1S/C6H11O2.CH3O.Rf/c1-7-6-4-2-3-5-8-6;1-2;/h6H,1-5H2;2H,1H2;/q2*-1;. The van der Waals surface area contributed by atoms with Crippen molar-refractivity contribution in [2.75, 3.05) is 6.61 Å². The van der Waals surface area contributed by atoms with Crippen molar-refractivity contribution >= 4 is 0 Å². The molecule has 1 fully saturated rings. The zero-order valence-corrected chi connectivity index (χ0v) is 13.2. The van der Waals surface area contributed by atoms with Crippen LogP contribution < -0.4 is 0 Å². The van der Waals surface area contributed by atoms with Gasteiger partial charge in [0.15, 0.2) is 0 Å². The van der Waals surface area contributed by atoms with Crippen molar-refractivity contribution < 1.29 is 14.6 Å². The molecule has 1 aliphatic heterocycles. The van der Waals surface area contributed by atoms with Crippen molar-refractivity contribution in [2.45, 2.75) is 25.6 Å². The van der Waals surface area contributed by atoms with E-state index in [0.717, 1.165) is 13.0 Å². The van der Waals surface area contributed by atoms with Crippen LogP contribution in [0.15, 0.2) is 0 Å². The van der Waals surface area contributed by atoms with E-state index in [-0.39, 0.29) is 6.29 Å². The molecule has 1 atom stereocenters. The summed E-state index contributed by atoms with van der Waals surface area (Å²) in [7, 11) is 5.53. The molecule has 1 N–H and O–H groups in total. The van der Waals surface area contributed by atoms with Gasteiger partial charge >= 0.3 is 0 Å². The van der Waals surface area contributed by atoms with E-state index in [9.17, 15) is 0 Å². The molecule has 4 heteroatoms. The van der Waals surface area contributed by atoms with Gasteiger partial charge in [-0.15, -0.1) is 0 Å². The summed E-state index contributed by atoms with van der Waals surface area (Å²) in [5, 5.41) is 6.75. The van der Waals surface area contributed by atoms with Crippen molar-refractivity contribution in [3.8, 4) is 0 Å². The number of aliphatic hydroxyl groups is 1. The van der Waals surface area contributed by atoms with Gasteiger partial charge < -0.3 is 14.6 Å². The Hall–Kier alpha value is -1.12. The van der Waals surface area contributed by atoms with Crippen molar-refractivity contribution in [3.05, 3.63) is 14.2 Å². The van der Waals surface area contributed by atoms with Gasteiger partial charge in [0.05, 0.1) is 0 Å². The molecule has 0 aromatic rings. The minimum absolute atomic E-state index is 0. The monoisotopic (exact) mass is 413 g/mol. The average molecular weight is 413 g/mol. The maximum Gasteiger partial charge on any atom is 0.128 e. The minimum atomic E-state index is -0.0243. The third kappa shape index (κ3) is 5.33. The zero-order chi connectivity index (χ0) is 7.82. The van der Waals surface area contributed by atoms with Gasteiger partial charge in [0.2, 0.25) is 0 Å². The Morgan fingerprint density at radius 3 is 2.27 bits per heavy atom. The van der Waals surface area contributed by atoms with Gasteiger partial charge in [-0.2, -0.15) is 0 Å². The largest absolute Gasteiger partial charge is 0.569 e. The van der Waals surface area contributed by atoms with E-state index < -0.39 is 0 Å². The van der Waals surface area contributed by atoms with Crippen LogP contribution in [0.4, 0.5) is 0 Å². The summed E-state index contributed by atoms with van der Waals surface area (Å²) in [6.45, 7) is 0.834. The van der Waals surface area contributed by atoms with Crippen LogP contribution in [-0.4, -0.2) is 18.0 Å². The van der Waals surface area contributed by atoms with E-state index in [1.165, 1.54) is 12.8 Å². The summed E-state index contributed by atoms with van der Waals surface area (Å²) in [6, 6.07) is 0. The van der Waals surface area contributed by atoms with Crippen molar-refractivity contribution in [3.63, 3.8) is 0 Å². The first-order valence-electron chi connectivity index (χ1n) is 3.27. The SMILES string of the molecule is [CH2-]O.[CH2-]OC1CCCCO1.[Rf]. The molecule has 0 aliphatic carbocycles. The van der Waals surface area contributed by atoms with E-state index in [1.807, 2.05) is 0 Å². The zero-order valence-electron chi connectivity index (χ0n) is 6.79. The maximum absolute atomic E-state index is 6.75. The fraction of sp³-hybridized carbons (Fsp3) is 0.714. The van der Waals surface area contributed by atoms with E-state index in [2.05, 4.69) is 14.2 Å². The predicted octanol–water partition coefficient (Wildman–Crippen LogP) is 1.47. The third-order valence-electron chi connectivity index (χ3n) is 1.32. The first-order chi connectivity index (χ1) is 4.93. The summed E-state index contributed by atoms with van der Waals surface area (Å²) in [5.41, 5.74) is 0. The summed E-state index contributed by atoms with van der Waals surface area (Å²) in [5.74, 6) is 0. The van der Waals surface area contributed by atoms with Gasteiger partial charge in [0.25, 0.3) is 0 Å². The summed E-state index contributed by atoms with van der Waals surface area (Å²) < 4.78 is 9.86. The second kappa shape index (κ2) is 8.88. The van der Waals surface area contributed by atoms with Crippen LogP contribution in [0, 0.1) is 14.2 Å². The topological polar surface area (TPSA) is 38.7 Å². The maximum atomic E-state index is 6.75. The summed E-state index contributed by atoms with van der Waals surface area (Å²) >= 11 is 0. The fourth-order valence-corrected chi connectivity index (χ4v) is 0.843. The molecule has 0 aromatic carbocycles. The molecule has 3 nitrogen and oxygen atoms in total. The normalized spacial score (nSPS) is 22.6. The molecule has 1 saturated heterocycles. The van der Waals surface area contributed by atoms with Crippen LogP contribution in [0.3, 0.4) is 0 Å². The Morgan fingerprint density at radius 1 is 1.36 bits per heavy atom. The number of ether oxygens (including phenoxy) is 2. The van der Waals surface area contributed by atoms with Gasteiger partial charge in [0.1, 0.15) is 6.29 Å². The molecule has 0 amide bonds. The smallest absolute Gasteiger partial charge is 0.128 e. The second-order valence-corrected chi connectivity index (χ2v) is 1.96. The second-order valence-electron chi connectivity index (χ2n) is 1.96. The molecule has 1 aliphatic rings. The molecule has 0 saturated carbocycles. The molecule has 1 unspecified atom stereocenters. The van der Waals surface area contributed by atoms with Crippen LogP contribution in [-0.2, 0) is 9.47 Å². The molecule has 1 rings (SSSR count). The first kappa shape index (κ1) is 12.5. The minimum Gasteiger partial charge on any atom is -0.569 e. The number of rotatable bonds is 1. The molecular formula is C7H14O3Rf-2. The Kier molecular flexibility index (Phi) is 10.1. The Balaban J connectivity index is 0. The van der Waals surface area contributed by atoms with Gasteiger partial charge in [-0.1, -0.05) is 0 Å². The molecular weight excluding hydrogens is 399 g/mol. The fourth-order valence-electron chi connectivity index (χ4n) is 0.843. The van der Waals surface area contributed by atoms with E-state index >= 15 is 0 Å². The van der Waals surface area contributed by atoms with Crippen LogP contribution in [0.2, 0.25) is 0 Å². The van der Waals surface area contributed by atoms with E-state index in [1.54, 1.807) is 0 Å². The van der Waals surface area contributed by atoms with E-state index in [0.29, 0.717) is 0 Å². The van der Waals surface area contributed by atoms with Crippen LogP contribution in [0.5, 0.6) is 0 Å². The van der Waals surface area contributed by atoms with Crippen LogP contribution >= 0.6 is 0 Å². The Labute approximate surface area is 62.0 Å². The average Bonchev–Trinajstić information content (AvgIpc) is 2.10. The Morgan fingerprint density at radius 2 is 2.00 bits per heavy atom. The summed E-state index contributed by atoms with van der Waals surface area (Å²) in [6.07, 6.45) is 3.35. The van der Waals surface area contributed by atoms with Crippen molar-refractivity contribution in [2.24, 2.45) is 0 Å². The first-order valence-corrected chi connectivity index (χ1v) is 3.27. The molecule has 0 radical (unpaired) electrons. The number of hydrogen-bond donors (Lipinski definition) is 1. The molecule has 1 heterocycles. The molecule has 0 spiro atoms. The molecule has 11 heavy (non-hydrogen) atoms.